The van der Waals surface area contributed by atoms with Crippen LogP contribution >= 0.6 is 0 Å². The van der Waals surface area contributed by atoms with Crippen molar-refractivity contribution in [1.29, 1.82) is 0 Å². The molecule has 12 aromatic rings. The van der Waals surface area contributed by atoms with Gasteiger partial charge < -0.3 is 8.83 Å². The summed E-state index contributed by atoms with van der Waals surface area (Å²) in [7, 11) is 0. The quantitative estimate of drug-likeness (QED) is 0.159. The topological polar surface area (TPSA) is 90.7 Å². The fourth-order valence-corrected chi connectivity index (χ4v) is 8.31. The van der Waals surface area contributed by atoms with Gasteiger partial charge in [0, 0.05) is 54.9 Å². The second-order valence-corrected chi connectivity index (χ2v) is 15.3. The average molecular weight is 796 g/mol. The van der Waals surface area contributed by atoms with E-state index in [0.717, 1.165) is 99.8 Å². The minimum absolute atomic E-state index is 0.565. The molecule has 8 aromatic carbocycles. The van der Waals surface area contributed by atoms with E-state index in [1.807, 2.05) is 115 Å². The van der Waals surface area contributed by atoms with Crippen molar-refractivity contribution >= 4 is 43.9 Å². The number of aromatic nitrogens is 5. The van der Waals surface area contributed by atoms with Crippen LogP contribution in [0.2, 0.25) is 0 Å². The summed E-state index contributed by atoms with van der Waals surface area (Å²) in [4.78, 5) is 25.4. The minimum Gasteiger partial charge on any atom is -0.456 e. The maximum atomic E-state index is 6.47. The van der Waals surface area contributed by atoms with Crippen molar-refractivity contribution in [1.82, 2.24) is 24.9 Å². The zero-order chi connectivity index (χ0) is 41.0. The van der Waals surface area contributed by atoms with Gasteiger partial charge in [-0.25, -0.2) is 24.9 Å². The lowest BCUT2D eigenvalue weighted by molar-refractivity contribution is 0.669. The van der Waals surface area contributed by atoms with Gasteiger partial charge in [-0.1, -0.05) is 152 Å². The molecule has 0 N–H and O–H groups in total. The molecule has 0 saturated heterocycles. The number of rotatable bonds is 7. The summed E-state index contributed by atoms with van der Waals surface area (Å²) in [5.74, 6) is 2.37. The van der Waals surface area contributed by atoms with Gasteiger partial charge in [-0.3, -0.25) is 0 Å². The molecule has 0 saturated carbocycles. The van der Waals surface area contributed by atoms with Crippen LogP contribution in [0.15, 0.2) is 209 Å². The summed E-state index contributed by atoms with van der Waals surface area (Å²) in [5.41, 5.74) is 12.3. The average Bonchev–Trinajstić information content (AvgIpc) is 3.93. The van der Waals surface area contributed by atoms with E-state index < -0.39 is 0 Å². The molecule has 0 unspecified atom stereocenters. The normalized spacial score (nSPS) is 11.5. The fraction of sp³-hybridized carbons (Fsp3) is 0. The van der Waals surface area contributed by atoms with Crippen molar-refractivity contribution in [2.75, 3.05) is 0 Å². The molecular formula is C55H33N5O2. The molecule has 7 nitrogen and oxygen atoms in total. The van der Waals surface area contributed by atoms with Crippen molar-refractivity contribution in [2.45, 2.75) is 0 Å². The second-order valence-electron chi connectivity index (χ2n) is 15.3. The maximum Gasteiger partial charge on any atom is 0.164 e. The van der Waals surface area contributed by atoms with Gasteiger partial charge in [0.15, 0.2) is 23.3 Å². The summed E-state index contributed by atoms with van der Waals surface area (Å²) in [6.07, 6.45) is 0. The van der Waals surface area contributed by atoms with Crippen molar-refractivity contribution in [3.63, 3.8) is 0 Å². The Balaban J connectivity index is 0.958. The molecular weight excluding hydrogens is 763 g/mol. The largest absolute Gasteiger partial charge is 0.456 e. The second kappa shape index (κ2) is 14.6. The van der Waals surface area contributed by atoms with Crippen LogP contribution in [0.3, 0.4) is 0 Å². The molecule has 0 fully saturated rings. The van der Waals surface area contributed by atoms with Gasteiger partial charge in [-0.2, -0.15) is 0 Å². The third kappa shape index (κ3) is 6.28. The van der Waals surface area contributed by atoms with Gasteiger partial charge in [0.1, 0.15) is 22.3 Å². The molecule has 0 atom stereocenters. The lowest BCUT2D eigenvalue weighted by Crippen LogP contribution is -2.00. The lowest BCUT2D eigenvalue weighted by atomic mass is 9.98. The molecule has 0 amide bonds. The van der Waals surface area contributed by atoms with Crippen LogP contribution in [0.4, 0.5) is 0 Å². The molecule has 0 aliphatic heterocycles. The highest BCUT2D eigenvalue weighted by Crippen LogP contribution is 2.38. The first-order chi connectivity index (χ1) is 30.7. The van der Waals surface area contributed by atoms with Crippen LogP contribution in [0, 0.1) is 0 Å². The highest BCUT2D eigenvalue weighted by molar-refractivity contribution is 6.09. The van der Waals surface area contributed by atoms with Crippen LogP contribution in [0.25, 0.3) is 123 Å². The molecule has 0 aliphatic carbocycles. The smallest absolute Gasteiger partial charge is 0.164 e. The maximum absolute atomic E-state index is 6.47. The number of hydrogen-bond acceptors (Lipinski definition) is 7. The highest BCUT2D eigenvalue weighted by atomic mass is 16.3. The van der Waals surface area contributed by atoms with E-state index in [4.69, 9.17) is 33.8 Å². The van der Waals surface area contributed by atoms with Gasteiger partial charge >= 0.3 is 0 Å². The zero-order valence-electron chi connectivity index (χ0n) is 33.1. The summed E-state index contributed by atoms with van der Waals surface area (Å²) in [6, 6.07) is 67.6. The van der Waals surface area contributed by atoms with Crippen LogP contribution < -0.4 is 0 Å². The van der Waals surface area contributed by atoms with E-state index in [2.05, 4.69) is 84.9 Å². The summed E-state index contributed by atoms with van der Waals surface area (Å²) >= 11 is 0. The van der Waals surface area contributed by atoms with Crippen LogP contribution in [-0.4, -0.2) is 24.9 Å². The van der Waals surface area contributed by atoms with Gasteiger partial charge in [0.05, 0.1) is 11.4 Å². The Bertz CT molecular complexity index is 3650. The third-order valence-electron chi connectivity index (χ3n) is 11.4. The Morgan fingerprint density at radius 3 is 1.44 bits per heavy atom. The molecule has 4 aromatic heterocycles. The first-order valence-electron chi connectivity index (χ1n) is 20.5. The van der Waals surface area contributed by atoms with Gasteiger partial charge in [0.25, 0.3) is 0 Å². The van der Waals surface area contributed by atoms with Crippen molar-refractivity contribution in [3.8, 4) is 79.2 Å². The minimum atomic E-state index is 0.565. The Hall–Kier alpha value is -8.55. The monoisotopic (exact) mass is 795 g/mol. The molecule has 0 aliphatic rings. The van der Waals surface area contributed by atoms with E-state index in [9.17, 15) is 0 Å². The van der Waals surface area contributed by atoms with Crippen molar-refractivity contribution in [2.24, 2.45) is 0 Å². The number of hydrogen-bond donors (Lipinski definition) is 0. The Morgan fingerprint density at radius 2 is 0.726 bits per heavy atom. The molecule has 0 radical (unpaired) electrons. The summed E-state index contributed by atoms with van der Waals surface area (Å²) in [5, 5.41) is 4.25. The van der Waals surface area contributed by atoms with Crippen LogP contribution in [0.1, 0.15) is 0 Å². The van der Waals surface area contributed by atoms with Crippen molar-refractivity contribution < 1.29 is 8.83 Å². The van der Waals surface area contributed by atoms with E-state index in [-0.39, 0.29) is 0 Å². The number of nitrogens with zero attached hydrogens (tertiary/aromatic N) is 5. The molecule has 4 heterocycles. The Kier molecular flexibility index (Phi) is 8.35. The summed E-state index contributed by atoms with van der Waals surface area (Å²) < 4.78 is 12.7. The molecule has 290 valence electrons. The zero-order valence-corrected chi connectivity index (χ0v) is 33.1. The predicted molar refractivity (Wildman–Crippen MR) is 248 cm³/mol. The number of fused-ring (bicyclic) bond motifs is 6. The Labute approximate surface area is 355 Å². The number of furan rings is 2. The third-order valence-corrected chi connectivity index (χ3v) is 11.4. The standard InChI is InChI=1S/C55H33N5O2/c1-3-14-34(15-4-1)52-56-46(33-47(57-52)45-25-13-24-44-42-23-8-10-27-49(42)62-51(44)45)38-20-11-18-36(30-38)37-19-12-21-39(31-37)54-58-53(35-16-5-2-6-17-35)59-55(60-54)40-28-29-43-41-22-7-9-26-48(41)61-50(43)32-40/h1-33H. The van der Waals surface area contributed by atoms with Crippen LogP contribution in [-0.2, 0) is 0 Å². The van der Waals surface area contributed by atoms with E-state index in [1.165, 1.54) is 0 Å². The SMILES string of the molecule is c1ccc(-c2nc(-c3cccc(-c4cccc(-c5nc(-c6ccccc6)nc(-c6ccc7c(c6)oc6ccccc67)n5)c4)c3)cc(-c3cccc4c3oc3ccccc34)n2)cc1. The summed E-state index contributed by atoms with van der Waals surface area (Å²) in [6.45, 7) is 0. The predicted octanol–water partition coefficient (Wildman–Crippen LogP) is 14.1. The fourth-order valence-electron chi connectivity index (χ4n) is 8.31. The lowest BCUT2D eigenvalue weighted by Gasteiger charge is -2.12. The van der Waals surface area contributed by atoms with E-state index >= 15 is 0 Å². The van der Waals surface area contributed by atoms with Gasteiger partial charge in [-0.15, -0.1) is 0 Å². The number of para-hydroxylation sites is 3. The van der Waals surface area contributed by atoms with Gasteiger partial charge in [-0.05, 0) is 59.7 Å². The highest BCUT2D eigenvalue weighted by Gasteiger charge is 2.18. The van der Waals surface area contributed by atoms with Crippen molar-refractivity contribution in [3.05, 3.63) is 200 Å². The molecule has 0 spiro atoms. The molecule has 0 bridgehead atoms. The first-order valence-corrected chi connectivity index (χ1v) is 20.5. The van der Waals surface area contributed by atoms with E-state index in [0.29, 0.717) is 23.3 Å². The first kappa shape index (κ1) is 35.4. The molecule has 12 rings (SSSR count). The Morgan fingerprint density at radius 1 is 0.258 bits per heavy atom. The molecule has 62 heavy (non-hydrogen) atoms. The van der Waals surface area contributed by atoms with Crippen LogP contribution in [0.5, 0.6) is 0 Å². The molecule has 7 heteroatoms. The van der Waals surface area contributed by atoms with E-state index in [1.54, 1.807) is 0 Å². The van der Waals surface area contributed by atoms with Gasteiger partial charge in [0.2, 0.25) is 0 Å². The number of benzene rings is 8.